The van der Waals surface area contributed by atoms with Gasteiger partial charge in [-0.2, -0.15) is 0 Å². The summed E-state index contributed by atoms with van der Waals surface area (Å²) in [5.41, 5.74) is 1.48. The van der Waals surface area contributed by atoms with Crippen molar-refractivity contribution in [2.24, 2.45) is 5.92 Å². The summed E-state index contributed by atoms with van der Waals surface area (Å²) in [4.78, 5) is 1.42. The van der Waals surface area contributed by atoms with Crippen LogP contribution in [0.2, 0.25) is 0 Å². The maximum absolute atomic E-state index is 3.50. The van der Waals surface area contributed by atoms with E-state index in [1.54, 1.807) is 0 Å². The first-order valence-corrected chi connectivity index (χ1v) is 7.33. The second kappa shape index (κ2) is 7.08. The van der Waals surface area contributed by atoms with Gasteiger partial charge in [0.1, 0.15) is 0 Å². The van der Waals surface area contributed by atoms with Gasteiger partial charge in [0, 0.05) is 10.9 Å². The summed E-state index contributed by atoms with van der Waals surface area (Å²) in [6, 6.07) is 2.88. The molecule has 1 N–H and O–H groups in total. The maximum Gasteiger partial charge on any atom is 0.0354 e. The highest BCUT2D eigenvalue weighted by molar-refractivity contribution is 7.10. The van der Waals surface area contributed by atoms with E-state index >= 15 is 0 Å². The SMILES string of the molecule is CCCCC(CC)C(NC)c1csc(C)c1. The topological polar surface area (TPSA) is 12.0 Å². The van der Waals surface area contributed by atoms with Gasteiger partial charge in [0.05, 0.1) is 0 Å². The predicted octanol–water partition coefficient (Wildman–Crippen LogP) is 4.53. The van der Waals surface area contributed by atoms with Crippen LogP contribution in [0.3, 0.4) is 0 Å². The third-order valence-electron chi connectivity index (χ3n) is 3.35. The Labute approximate surface area is 104 Å². The molecule has 2 atom stereocenters. The van der Waals surface area contributed by atoms with Gasteiger partial charge in [-0.3, -0.25) is 0 Å². The highest BCUT2D eigenvalue weighted by Crippen LogP contribution is 2.31. The molecule has 0 saturated heterocycles. The van der Waals surface area contributed by atoms with E-state index < -0.39 is 0 Å². The van der Waals surface area contributed by atoms with E-state index in [4.69, 9.17) is 0 Å². The largest absolute Gasteiger partial charge is 0.313 e. The zero-order valence-electron chi connectivity index (χ0n) is 11.0. The molecule has 0 aliphatic rings. The van der Waals surface area contributed by atoms with Crippen molar-refractivity contribution >= 4 is 11.3 Å². The van der Waals surface area contributed by atoms with E-state index in [-0.39, 0.29) is 0 Å². The van der Waals surface area contributed by atoms with Crippen LogP contribution in [-0.2, 0) is 0 Å². The molecule has 2 unspecified atom stereocenters. The first kappa shape index (κ1) is 13.7. The molecule has 0 bridgehead atoms. The van der Waals surface area contributed by atoms with Crippen LogP contribution in [0.5, 0.6) is 0 Å². The van der Waals surface area contributed by atoms with Crippen molar-refractivity contribution in [2.75, 3.05) is 7.05 Å². The molecule has 1 rings (SSSR count). The molecular weight excluding hydrogens is 214 g/mol. The van der Waals surface area contributed by atoms with Crippen molar-refractivity contribution in [1.29, 1.82) is 0 Å². The molecule has 0 spiro atoms. The van der Waals surface area contributed by atoms with Crippen LogP contribution in [0.4, 0.5) is 0 Å². The molecule has 1 heterocycles. The average Bonchev–Trinajstić information content (AvgIpc) is 2.70. The Hall–Kier alpha value is -0.340. The van der Waals surface area contributed by atoms with Gasteiger partial charge in [0.2, 0.25) is 0 Å². The molecule has 0 amide bonds. The average molecular weight is 239 g/mol. The lowest BCUT2D eigenvalue weighted by Crippen LogP contribution is -2.24. The van der Waals surface area contributed by atoms with Crippen LogP contribution in [-0.4, -0.2) is 7.05 Å². The van der Waals surface area contributed by atoms with Gasteiger partial charge in [0.25, 0.3) is 0 Å². The third-order valence-corrected chi connectivity index (χ3v) is 4.22. The summed E-state index contributed by atoms with van der Waals surface area (Å²) in [6.45, 7) is 6.77. The molecule has 16 heavy (non-hydrogen) atoms. The number of rotatable bonds is 7. The van der Waals surface area contributed by atoms with Crippen LogP contribution in [0, 0.1) is 12.8 Å². The lowest BCUT2D eigenvalue weighted by molar-refractivity contribution is 0.339. The molecule has 0 aliphatic carbocycles. The van der Waals surface area contributed by atoms with E-state index in [0.717, 1.165) is 5.92 Å². The summed E-state index contributed by atoms with van der Waals surface area (Å²) in [5.74, 6) is 0.777. The Kier molecular flexibility index (Phi) is 6.07. The molecule has 0 saturated carbocycles. The number of hydrogen-bond acceptors (Lipinski definition) is 2. The quantitative estimate of drug-likeness (QED) is 0.737. The maximum atomic E-state index is 3.50. The lowest BCUT2D eigenvalue weighted by atomic mass is 9.88. The van der Waals surface area contributed by atoms with Crippen molar-refractivity contribution in [3.8, 4) is 0 Å². The Balaban J connectivity index is 2.70. The zero-order chi connectivity index (χ0) is 12.0. The summed E-state index contributed by atoms with van der Waals surface area (Å²) >= 11 is 1.86. The highest BCUT2D eigenvalue weighted by Gasteiger charge is 2.20. The summed E-state index contributed by atoms with van der Waals surface area (Å²) in [5, 5.41) is 5.81. The molecule has 2 heteroatoms. The van der Waals surface area contributed by atoms with Gasteiger partial charge in [-0.1, -0.05) is 33.1 Å². The fraction of sp³-hybridized carbons (Fsp3) is 0.714. The minimum absolute atomic E-state index is 0.543. The predicted molar refractivity (Wildman–Crippen MR) is 74.2 cm³/mol. The summed E-state index contributed by atoms with van der Waals surface area (Å²) in [7, 11) is 2.09. The standard InChI is InChI=1S/C14H25NS/c1-5-7-8-12(6-2)14(15-4)13-9-11(3)16-10-13/h9-10,12,14-15H,5-8H2,1-4H3. The number of aryl methyl sites for hydroxylation is 1. The van der Waals surface area contributed by atoms with E-state index in [2.05, 4.69) is 44.6 Å². The smallest absolute Gasteiger partial charge is 0.0354 e. The second-order valence-corrected chi connectivity index (χ2v) is 5.68. The van der Waals surface area contributed by atoms with Gasteiger partial charge in [-0.25, -0.2) is 0 Å². The van der Waals surface area contributed by atoms with Crippen molar-refractivity contribution in [2.45, 2.75) is 52.5 Å². The Bertz CT molecular complexity index is 293. The molecule has 1 aromatic heterocycles. The monoisotopic (exact) mass is 239 g/mol. The minimum Gasteiger partial charge on any atom is -0.313 e. The number of unbranched alkanes of at least 4 members (excludes halogenated alkanes) is 1. The molecule has 1 nitrogen and oxygen atoms in total. The molecule has 1 aromatic rings. The van der Waals surface area contributed by atoms with Gasteiger partial charge in [-0.15, -0.1) is 11.3 Å². The van der Waals surface area contributed by atoms with E-state index in [1.807, 2.05) is 11.3 Å². The molecule has 0 aliphatic heterocycles. The molecule has 0 aromatic carbocycles. The molecular formula is C14H25NS. The molecule has 92 valence electrons. The van der Waals surface area contributed by atoms with E-state index in [0.29, 0.717) is 6.04 Å². The summed E-state index contributed by atoms with van der Waals surface area (Å²) in [6.07, 6.45) is 5.25. The van der Waals surface area contributed by atoms with Crippen molar-refractivity contribution in [3.63, 3.8) is 0 Å². The van der Waals surface area contributed by atoms with Crippen LogP contribution in [0.25, 0.3) is 0 Å². The first-order chi connectivity index (χ1) is 7.72. The van der Waals surface area contributed by atoms with Gasteiger partial charge < -0.3 is 5.32 Å². The van der Waals surface area contributed by atoms with Crippen LogP contribution < -0.4 is 5.32 Å². The first-order valence-electron chi connectivity index (χ1n) is 6.45. The number of thiophene rings is 1. The fourth-order valence-electron chi connectivity index (χ4n) is 2.37. The van der Waals surface area contributed by atoms with Crippen LogP contribution in [0.15, 0.2) is 11.4 Å². The van der Waals surface area contributed by atoms with Crippen LogP contribution >= 0.6 is 11.3 Å². The van der Waals surface area contributed by atoms with Gasteiger partial charge in [0.15, 0.2) is 0 Å². The Morgan fingerprint density at radius 3 is 2.56 bits per heavy atom. The van der Waals surface area contributed by atoms with Crippen molar-refractivity contribution in [1.82, 2.24) is 5.32 Å². The lowest BCUT2D eigenvalue weighted by Gasteiger charge is -2.25. The summed E-state index contributed by atoms with van der Waals surface area (Å²) < 4.78 is 0. The minimum atomic E-state index is 0.543. The van der Waals surface area contributed by atoms with Crippen molar-refractivity contribution < 1.29 is 0 Å². The third kappa shape index (κ3) is 3.60. The van der Waals surface area contributed by atoms with E-state index in [1.165, 1.54) is 36.1 Å². The van der Waals surface area contributed by atoms with Crippen molar-refractivity contribution in [3.05, 3.63) is 21.9 Å². The van der Waals surface area contributed by atoms with E-state index in [9.17, 15) is 0 Å². The highest BCUT2D eigenvalue weighted by atomic mass is 32.1. The van der Waals surface area contributed by atoms with Gasteiger partial charge >= 0.3 is 0 Å². The second-order valence-electron chi connectivity index (χ2n) is 4.57. The Morgan fingerprint density at radius 1 is 1.38 bits per heavy atom. The normalized spacial score (nSPS) is 15.0. The van der Waals surface area contributed by atoms with Gasteiger partial charge in [-0.05, 0) is 43.3 Å². The number of hydrogen-bond donors (Lipinski definition) is 1. The fourth-order valence-corrected chi connectivity index (χ4v) is 3.11. The molecule has 0 fully saturated rings. The van der Waals surface area contributed by atoms with Crippen LogP contribution in [0.1, 0.15) is 56.0 Å². The Morgan fingerprint density at radius 2 is 2.12 bits per heavy atom. The zero-order valence-corrected chi connectivity index (χ0v) is 11.9. The number of nitrogens with one attached hydrogen (secondary N) is 1. The molecule has 0 radical (unpaired) electrons.